The maximum Gasteiger partial charge on any atom is 0.256 e. The van der Waals surface area contributed by atoms with Gasteiger partial charge in [-0.1, -0.05) is 30.3 Å². The highest BCUT2D eigenvalue weighted by Gasteiger charge is 2.26. The predicted octanol–water partition coefficient (Wildman–Crippen LogP) is 5.73. The molecule has 0 saturated carbocycles. The van der Waals surface area contributed by atoms with Crippen LogP contribution in [0.4, 0.5) is 5.69 Å². The first kappa shape index (κ1) is 13.9. The van der Waals surface area contributed by atoms with Crippen LogP contribution in [0.15, 0.2) is 40.9 Å². The zero-order valence-electron chi connectivity index (χ0n) is 23.0. The lowest BCUT2D eigenvalue weighted by atomic mass is 10.0. The van der Waals surface area contributed by atoms with Crippen molar-refractivity contribution in [3.05, 3.63) is 58.9 Å². The van der Waals surface area contributed by atoms with Crippen molar-refractivity contribution in [2.45, 2.75) is 52.0 Å². The number of hydrogen-bond acceptors (Lipinski definition) is 5. The standard InChI is InChI=1S/C24H26N4O2/c1-5-13-26-20-11-10-17-18(20)7-6-8-19(17)23-27-24(30-28-23)16-9-12-22(29-15(2)3)21(14-16)25-4/h6-9,12,14-15,20,26H,5,10-11,13H2,1-3H3/t20-/m0/s1/i5D2,10D2,15D,20D. The molecule has 0 unspecified atom stereocenters. The number of fused-ring (bicyclic) bond motifs is 1. The molecule has 3 aromatic rings. The van der Waals surface area contributed by atoms with Gasteiger partial charge in [-0.3, -0.25) is 0 Å². The molecule has 1 heterocycles. The van der Waals surface area contributed by atoms with Gasteiger partial charge in [0.05, 0.1) is 15.4 Å². The van der Waals surface area contributed by atoms with Crippen molar-refractivity contribution < 1.29 is 17.5 Å². The minimum Gasteiger partial charge on any atom is -0.502 e. The van der Waals surface area contributed by atoms with E-state index in [-0.39, 0.29) is 41.7 Å². The molecule has 6 heteroatoms. The molecule has 0 spiro atoms. The van der Waals surface area contributed by atoms with E-state index in [9.17, 15) is 0 Å². The first-order valence-electron chi connectivity index (χ1n) is 12.6. The molecule has 1 aromatic heterocycles. The molecule has 1 aliphatic rings. The van der Waals surface area contributed by atoms with Gasteiger partial charge in [-0.15, -0.1) is 0 Å². The molecule has 6 nitrogen and oxygen atoms in total. The Morgan fingerprint density at radius 2 is 2.33 bits per heavy atom. The second-order valence-electron chi connectivity index (χ2n) is 7.00. The molecule has 4 rings (SSSR count). The van der Waals surface area contributed by atoms with E-state index in [0.717, 1.165) is 0 Å². The number of benzene rings is 2. The topological polar surface area (TPSA) is 64.5 Å². The van der Waals surface area contributed by atoms with Crippen molar-refractivity contribution in [1.29, 1.82) is 0 Å². The summed E-state index contributed by atoms with van der Waals surface area (Å²) >= 11 is 0. The van der Waals surface area contributed by atoms with Crippen LogP contribution >= 0.6 is 0 Å². The van der Waals surface area contributed by atoms with Crippen molar-refractivity contribution >= 4 is 5.69 Å². The molecule has 0 bridgehead atoms. The maximum absolute atomic E-state index is 8.89. The molecule has 0 saturated heterocycles. The lowest BCUT2D eigenvalue weighted by Crippen LogP contribution is -2.19. The van der Waals surface area contributed by atoms with E-state index in [1.54, 1.807) is 44.2 Å². The van der Waals surface area contributed by atoms with E-state index in [2.05, 4.69) is 20.3 Å². The van der Waals surface area contributed by atoms with Gasteiger partial charge in [0, 0.05) is 22.6 Å². The summed E-state index contributed by atoms with van der Waals surface area (Å²) in [5.74, 6) is 0.522. The Bertz CT molecular complexity index is 1340. The minimum atomic E-state index is -1.89. The molecule has 1 atom stereocenters. The molecule has 0 aliphatic heterocycles. The molecule has 0 radical (unpaired) electrons. The molecular formula is C24H26N4O2. The number of nitrogens with one attached hydrogen (secondary N) is 1. The largest absolute Gasteiger partial charge is 0.502 e. The van der Waals surface area contributed by atoms with Gasteiger partial charge in [-0.05, 0) is 68.9 Å². The first-order chi connectivity index (χ1) is 16.6. The highest BCUT2D eigenvalue weighted by molar-refractivity contribution is 5.70. The van der Waals surface area contributed by atoms with Crippen LogP contribution in [-0.4, -0.2) is 22.8 Å². The highest BCUT2D eigenvalue weighted by Crippen LogP contribution is 2.38. The lowest BCUT2D eigenvalue weighted by molar-refractivity contribution is 0.244. The van der Waals surface area contributed by atoms with Crippen molar-refractivity contribution in [1.82, 2.24) is 15.5 Å². The monoisotopic (exact) mass is 408 g/mol. The smallest absolute Gasteiger partial charge is 0.256 e. The summed E-state index contributed by atoms with van der Waals surface area (Å²) < 4.78 is 60.6. The average molecular weight is 409 g/mol. The molecule has 30 heavy (non-hydrogen) atoms. The average Bonchev–Trinajstić information content (AvgIpc) is 3.33. The van der Waals surface area contributed by atoms with E-state index in [1.807, 2.05) is 0 Å². The summed E-state index contributed by atoms with van der Waals surface area (Å²) in [5.41, 5.74) is 1.69. The second kappa shape index (κ2) is 8.68. The summed E-state index contributed by atoms with van der Waals surface area (Å²) in [5, 5.41) is 6.93. The molecular weight excluding hydrogens is 376 g/mol. The van der Waals surface area contributed by atoms with Gasteiger partial charge >= 0.3 is 0 Å². The summed E-state index contributed by atoms with van der Waals surface area (Å²) in [6.07, 6.45) is -4.87. The number of ether oxygens (including phenoxy) is 1. The third kappa shape index (κ3) is 3.94. The molecule has 154 valence electrons. The van der Waals surface area contributed by atoms with Crippen molar-refractivity contribution in [3.8, 4) is 28.6 Å². The van der Waals surface area contributed by atoms with E-state index in [0.29, 0.717) is 16.7 Å². The third-order valence-corrected chi connectivity index (χ3v) is 4.62. The van der Waals surface area contributed by atoms with Gasteiger partial charge in [-0.2, -0.15) is 4.98 Å². The van der Waals surface area contributed by atoms with E-state index < -0.39 is 24.8 Å². The quantitative estimate of drug-likeness (QED) is 0.506. The number of aromatic nitrogens is 2. The minimum absolute atomic E-state index is 0.108. The zero-order valence-corrected chi connectivity index (χ0v) is 17.0. The first-order valence-corrected chi connectivity index (χ1v) is 9.56. The third-order valence-electron chi connectivity index (χ3n) is 4.62. The van der Waals surface area contributed by atoms with Gasteiger partial charge < -0.3 is 14.6 Å². The van der Waals surface area contributed by atoms with Crippen LogP contribution in [0, 0.1) is 6.57 Å². The predicted molar refractivity (Wildman–Crippen MR) is 117 cm³/mol. The van der Waals surface area contributed by atoms with Gasteiger partial charge in [0.1, 0.15) is 5.75 Å². The zero-order chi connectivity index (χ0) is 26.5. The van der Waals surface area contributed by atoms with E-state index in [1.165, 1.54) is 13.0 Å². The summed E-state index contributed by atoms with van der Waals surface area (Å²) in [7, 11) is 0. The molecule has 1 N–H and O–H groups in total. The van der Waals surface area contributed by atoms with Crippen LogP contribution < -0.4 is 10.1 Å². The fraction of sp³-hybridized carbons (Fsp3) is 0.375. The molecule has 1 aliphatic carbocycles. The Labute approximate surface area is 185 Å². The number of rotatable bonds is 7. The van der Waals surface area contributed by atoms with Gasteiger partial charge in [-0.25, -0.2) is 4.85 Å². The van der Waals surface area contributed by atoms with E-state index in [4.69, 9.17) is 24.1 Å². The number of hydrogen-bond donors (Lipinski definition) is 1. The van der Waals surface area contributed by atoms with Crippen molar-refractivity contribution in [3.63, 3.8) is 0 Å². The van der Waals surface area contributed by atoms with Crippen LogP contribution in [0.2, 0.25) is 0 Å². The fourth-order valence-electron chi connectivity index (χ4n) is 3.30. The normalized spacial score (nSPS) is 23.1. The van der Waals surface area contributed by atoms with Crippen LogP contribution in [0.3, 0.4) is 0 Å². The summed E-state index contributed by atoms with van der Waals surface area (Å²) in [4.78, 5) is 7.91. The van der Waals surface area contributed by atoms with Crippen LogP contribution in [0.25, 0.3) is 27.7 Å². The fourth-order valence-corrected chi connectivity index (χ4v) is 3.30. The van der Waals surface area contributed by atoms with Gasteiger partial charge in [0.2, 0.25) is 11.5 Å². The Morgan fingerprint density at radius 1 is 1.47 bits per heavy atom. The van der Waals surface area contributed by atoms with Gasteiger partial charge in [0.25, 0.3) is 5.89 Å². The Morgan fingerprint density at radius 3 is 3.10 bits per heavy atom. The van der Waals surface area contributed by atoms with E-state index >= 15 is 0 Å². The second-order valence-corrected chi connectivity index (χ2v) is 7.00. The number of nitrogens with zero attached hydrogens (tertiary/aromatic N) is 3. The van der Waals surface area contributed by atoms with Crippen LogP contribution in [0.5, 0.6) is 5.75 Å². The van der Waals surface area contributed by atoms with Crippen LogP contribution in [0.1, 0.15) is 58.9 Å². The van der Waals surface area contributed by atoms with Crippen molar-refractivity contribution in [2.75, 3.05) is 6.54 Å². The Balaban J connectivity index is 1.71. The SMILES string of the molecule is [2H]C([2H])(C)CN[C@@]1([2H])CC([2H])([2H])c2c(-c3noc(-c4ccc(OC([2H])(C)C)c([N+]#[C-])c4)n3)cccc21. The molecule has 2 aromatic carbocycles. The molecule has 0 amide bonds. The Kier molecular flexibility index (Phi) is 4.03. The highest BCUT2D eigenvalue weighted by atomic mass is 16.5. The lowest BCUT2D eigenvalue weighted by Gasteiger charge is -2.13. The summed E-state index contributed by atoms with van der Waals surface area (Å²) in [6, 6.07) is 8.21. The van der Waals surface area contributed by atoms with Gasteiger partial charge in [0.15, 0.2) is 0 Å². The molecule has 0 fully saturated rings. The van der Waals surface area contributed by atoms with Crippen LogP contribution in [-0.2, 0) is 6.37 Å². The van der Waals surface area contributed by atoms with Crippen molar-refractivity contribution in [2.24, 2.45) is 0 Å². The Hall–Kier alpha value is -3.17. The maximum atomic E-state index is 8.89. The summed E-state index contributed by atoms with van der Waals surface area (Å²) in [6.45, 7) is 11.9.